The first-order chi connectivity index (χ1) is 22.4. The third kappa shape index (κ3) is 4.08. The van der Waals surface area contributed by atoms with Gasteiger partial charge in [-0.3, -0.25) is 4.79 Å². The number of benzene rings is 3. The Morgan fingerprint density at radius 3 is 2.65 bits per heavy atom. The molecule has 8 heteroatoms. The van der Waals surface area contributed by atoms with E-state index < -0.39 is 0 Å². The normalized spacial score (nSPS) is 20.8. The minimum absolute atomic E-state index is 0.0455. The van der Waals surface area contributed by atoms with Crippen molar-refractivity contribution in [3.63, 3.8) is 0 Å². The Kier molecular flexibility index (Phi) is 6.01. The molecule has 3 aliphatic rings. The van der Waals surface area contributed by atoms with Crippen LogP contribution in [0.5, 0.6) is 11.6 Å². The Balaban J connectivity index is 1.17. The highest BCUT2D eigenvalue weighted by Crippen LogP contribution is 2.44. The molecule has 232 valence electrons. The Morgan fingerprint density at radius 1 is 1.02 bits per heavy atom. The fourth-order valence-corrected chi connectivity index (χ4v) is 8.33. The van der Waals surface area contributed by atoms with Gasteiger partial charge in [-0.25, -0.2) is 9.97 Å². The molecule has 8 nitrogen and oxygen atoms in total. The standard InChI is InChI=1S/C38H37N5O3/c1-21-25-11-12-31(21)43(20-25)38(45)26-15-30-35(34(18-26)46-3)41(2)36(40-30)33-17-24-10-9-23(16-32(24)42(33)19-22-7-8-22)27-5-4-6-29-28(27)13-14-39-37(29)44/h4-6,9-10,13-18,21-22,25,31H,7-8,11-12,19-20H2,1-3H3,(H,39,44)/t21-,25?,31?/m1/s1. The number of aryl methyl sites for hydroxylation is 1. The Hall–Kier alpha value is -4.85. The molecule has 6 aromatic rings. The summed E-state index contributed by atoms with van der Waals surface area (Å²) in [5, 5.41) is 13.3. The maximum absolute atomic E-state index is 13.8. The zero-order chi connectivity index (χ0) is 31.3. The van der Waals surface area contributed by atoms with Gasteiger partial charge in [0.05, 0.1) is 18.3 Å². The highest BCUT2D eigenvalue weighted by Gasteiger charge is 2.46. The van der Waals surface area contributed by atoms with Crippen molar-refractivity contribution in [3.8, 4) is 34.3 Å². The first-order valence-corrected chi connectivity index (χ1v) is 16.5. The maximum Gasteiger partial charge on any atom is 0.254 e. The van der Waals surface area contributed by atoms with Crippen LogP contribution in [0.3, 0.4) is 0 Å². The molecule has 1 N–H and O–H groups in total. The van der Waals surface area contributed by atoms with Crippen molar-refractivity contribution in [1.82, 2.24) is 24.0 Å². The summed E-state index contributed by atoms with van der Waals surface area (Å²) in [4.78, 5) is 25.2. The van der Waals surface area contributed by atoms with Gasteiger partial charge in [-0.05, 0) is 96.3 Å². The van der Waals surface area contributed by atoms with E-state index in [2.05, 4.69) is 56.3 Å². The van der Waals surface area contributed by atoms with Crippen molar-refractivity contribution >= 4 is 38.6 Å². The zero-order valence-corrected chi connectivity index (χ0v) is 26.4. The van der Waals surface area contributed by atoms with Gasteiger partial charge in [-0.2, -0.15) is 0 Å². The van der Waals surface area contributed by atoms with Gasteiger partial charge >= 0.3 is 0 Å². The molecule has 1 aliphatic heterocycles. The van der Waals surface area contributed by atoms with E-state index in [1.807, 2.05) is 37.4 Å². The molecule has 2 aliphatic carbocycles. The number of carbonyl (C=O) groups excluding carboxylic acids is 1. The number of hydrogen-bond donors (Lipinski definition) is 1. The van der Waals surface area contributed by atoms with Gasteiger partial charge in [0.1, 0.15) is 11.3 Å². The van der Waals surface area contributed by atoms with Crippen molar-refractivity contribution in [3.05, 3.63) is 72.4 Å². The minimum Gasteiger partial charge on any atom is -0.494 e. The number of methoxy groups -OCH3 is 1. The molecule has 0 spiro atoms. The number of pyridine rings is 1. The number of likely N-dealkylation sites (tertiary alicyclic amines) is 1. The zero-order valence-electron chi connectivity index (χ0n) is 26.4. The second-order valence-corrected chi connectivity index (χ2v) is 13.7. The average molecular weight is 612 g/mol. The lowest BCUT2D eigenvalue weighted by atomic mass is 9.98. The van der Waals surface area contributed by atoms with E-state index in [0.29, 0.717) is 35.1 Å². The van der Waals surface area contributed by atoms with Gasteiger partial charge in [0.25, 0.3) is 5.91 Å². The second-order valence-electron chi connectivity index (χ2n) is 13.7. The van der Waals surface area contributed by atoms with Crippen LogP contribution in [0.4, 0.5) is 0 Å². The molecule has 3 atom stereocenters. The predicted molar refractivity (Wildman–Crippen MR) is 180 cm³/mol. The van der Waals surface area contributed by atoms with Crippen LogP contribution in [0.15, 0.2) is 66.9 Å². The molecular weight excluding hydrogens is 574 g/mol. The van der Waals surface area contributed by atoms with Crippen LogP contribution in [-0.2, 0) is 13.6 Å². The van der Waals surface area contributed by atoms with Gasteiger partial charge < -0.3 is 23.9 Å². The van der Waals surface area contributed by atoms with Gasteiger partial charge in [0.15, 0.2) is 5.82 Å². The SMILES string of the molecule is COc1cc(C(=O)N2CC3CCC2[C@@H]3C)cc2nc(-c3cc4ccc(-c5cccc6c(O)nccc56)cc4n3CC3CC3)n(C)c12. The molecule has 0 radical (unpaired) electrons. The van der Waals surface area contributed by atoms with E-state index in [9.17, 15) is 9.90 Å². The van der Waals surface area contributed by atoms with E-state index in [1.54, 1.807) is 13.3 Å². The van der Waals surface area contributed by atoms with Crippen LogP contribution in [0, 0.1) is 17.8 Å². The number of imidazole rings is 1. The van der Waals surface area contributed by atoms with Crippen molar-refractivity contribution in [2.75, 3.05) is 13.7 Å². The van der Waals surface area contributed by atoms with Crippen LogP contribution < -0.4 is 4.74 Å². The number of carbonyl (C=O) groups is 1. The quantitative estimate of drug-likeness (QED) is 0.212. The first kappa shape index (κ1) is 27.5. The van der Waals surface area contributed by atoms with Crippen LogP contribution in [0.1, 0.15) is 43.0 Å². The highest BCUT2D eigenvalue weighted by molar-refractivity contribution is 6.02. The monoisotopic (exact) mass is 611 g/mol. The third-order valence-corrected chi connectivity index (χ3v) is 11.0. The molecule has 3 aromatic carbocycles. The summed E-state index contributed by atoms with van der Waals surface area (Å²) in [5.41, 5.74) is 6.66. The number of hydrogen-bond acceptors (Lipinski definition) is 5. The fourth-order valence-electron chi connectivity index (χ4n) is 8.33. The molecule has 2 bridgehead atoms. The number of nitrogens with zero attached hydrogens (tertiary/aromatic N) is 5. The number of aromatic hydroxyl groups is 1. The van der Waals surface area contributed by atoms with E-state index in [-0.39, 0.29) is 11.8 Å². The summed E-state index contributed by atoms with van der Waals surface area (Å²) in [6, 6.07) is 21.0. The predicted octanol–water partition coefficient (Wildman–Crippen LogP) is 7.40. The molecule has 2 unspecified atom stereocenters. The number of fused-ring (bicyclic) bond motifs is 5. The molecule has 1 saturated heterocycles. The highest BCUT2D eigenvalue weighted by atomic mass is 16.5. The van der Waals surface area contributed by atoms with Crippen molar-refractivity contribution < 1.29 is 14.6 Å². The van der Waals surface area contributed by atoms with E-state index >= 15 is 0 Å². The second kappa shape index (κ2) is 10.1. The van der Waals surface area contributed by atoms with Crippen molar-refractivity contribution in [2.24, 2.45) is 24.8 Å². The van der Waals surface area contributed by atoms with Crippen LogP contribution in [-0.4, -0.2) is 54.7 Å². The smallest absolute Gasteiger partial charge is 0.254 e. The summed E-state index contributed by atoms with van der Waals surface area (Å²) in [5.74, 6) is 3.47. The van der Waals surface area contributed by atoms with E-state index in [4.69, 9.17) is 9.72 Å². The van der Waals surface area contributed by atoms with Gasteiger partial charge in [-0.1, -0.05) is 31.2 Å². The number of piperidine rings is 1. The summed E-state index contributed by atoms with van der Waals surface area (Å²) >= 11 is 0. The average Bonchev–Trinajstić information content (AvgIpc) is 3.48. The first-order valence-electron chi connectivity index (χ1n) is 16.5. The molecular formula is C38H37N5O3. The lowest BCUT2D eigenvalue weighted by Gasteiger charge is -2.27. The number of amides is 1. The van der Waals surface area contributed by atoms with Crippen LogP contribution in [0.25, 0.3) is 55.4 Å². The molecule has 9 rings (SSSR count). The Bertz CT molecular complexity index is 2210. The Morgan fingerprint density at radius 2 is 1.89 bits per heavy atom. The minimum atomic E-state index is 0.0455. The number of rotatable bonds is 6. The number of ether oxygens (including phenoxy) is 1. The topological polar surface area (TPSA) is 85.4 Å². The fraction of sp³-hybridized carbons (Fsp3) is 0.342. The molecule has 46 heavy (non-hydrogen) atoms. The molecule has 3 fully saturated rings. The lowest BCUT2D eigenvalue weighted by Crippen LogP contribution is -2.38. The molecule has 4 heterocycles. The molecule has 1 amide bonds. The van der Waals surface area contributed by atoms with E-state index in [0.717, 1.165) is 74.9 Å². The van der Waals surface area contributed by atoms with Crippen molar-refractivity contribution in [1.29, 1.82) is 0 Å². The van der Waals surface area contributed by atoms with Gasteiger partial charge in [0.2, 0.25) is 5.88 Å². The summed E-state index contributed by atoms with van der Waals surface area (Å²) < 4.78 is 10.4. The van der Waals surface area contributed by atoms with Gasteiger partial charge in [0, 0.05) is 54.2 Å². The lowest BCUT2D eigenvalue weighted by molar-refractivity contribution is 0.0696. The van der Waals surface area contributed by atoms with Crippen LogP contribution in [0.2, 0.25) is 0 Å². The van der Waals surface area contributed by atoms with E-state index in [1.165, 1.54) is 19.3 Å². The van der Waals surface area contributed by atoms with Crippen LogP contribution >= 0.6 is 0 Å². The largest absolute Gasteiger partial charge is 0.494 e. The maximum atomic E-state index is 13.8. The Labute approximate surface area is 267 Å². The third-order valence-electron chi connectivity index (χ3n) is 11.0. The summed E-state index contributed by atoms with van der Waals surface area (Å²) in [6.07, 6.45) is 6.43. The van der Waals surface area contributed by atoms with Crippen molar-refractivity contribution in [2.45, 2.75) is 45.2 Å². The molecule has 3 aromatic heterocycles. The number of aromatic nitrogens is 4. The summed E-state index contributed by atoms with van der Waals surface area (Å²) in [7, 11) is 3.71. The summed E-state index contributed by atoms with van der Waals surface area (Å²) in [6.45, 7) is 4.05. The van der Waals surface area contributed by atoms with Gasteiger partial charge in [-0.15, -0.1) is 0 Å². The molecule has 2 saturated carbocycles.